The van der Waals surface area contributed by atoms with Gasteiger partial charge in [0.05, 0.1) is 13.1 Å². The van der Waals surface area contributed by atoms with Crippen LogP contribution in [0.1, 0.15) is 6.92 Å². The van der Waals surface area contributed by atoms with Gasteiger partial charge < -0.3 is 16.6 Å². The molecule has 0 aliphatic rings. The van der Waals surface area contributed by atoms with Gasteiger partial charge in [0.1, 0.15) is 0 Å². The molecule has 0 fully saturated rings. The molecule has 76 valence electrons. The topological polar surface area (TPSA) is 136 Å². The summed E-state index contributed by atoms with van der Waals surface area (Å²) in [5.74, 6) is -1.84. The molecule has 0 aromatic rings. The number of rotatable bonds is 4. The van der Waals surface area contributed by atoms with Gasteiger partial charge in [-0.2, -0.15) is 0 Å². The van der Waals surface area contributed by atoms with Crippen molar-refractivity contribution >= 4 is 17.8 Å². The molecular weight excluding hydrogens is 178 g/mol. The van der Waals surface area contributed by atoms with Crippen LogP contribution in [-0.2, 0) is 14.4 Å². The third-order valence-corrected chi connectivity index (χ3v) is 0.598. The molecule has 7 heteroatoms. The van der Waals surface area contributed by atoms with Crippen LogP contribution in [0.3, 0.4) is 0 Å². The largest absolute Gasteiger partial charge is 0.481 e. The number of aliphatic carboxylic acids is 1. The van der Waals surface area contributed by atoms with E-state index in [1.807, 2.05) is 0 Å². The summed E-state index contributed by atoms with van der Waals surface area (Å²) in [6, 6.07) is 0. The second kappa shape index (κ2) is 8.47. The zero-order valence-electron chi connectivity index (χ0n) is 7.24. The first kappa shape index (κ1) is 13.9. The zero-order chi connectivity index (χ0) is 10.9. The summed E-state index contributed by atoms with van der Waals surface area (Å²) in [5, 5.41) is 9.85. The first-order valence-corrected chi connectivity index (χ1v) is 3.33. The summed E-state index contributed by atoms with van der Waals surface area (Å²) in [7, 11) is 0. The van der Waals surface area contributed by atoms with Gasteiger partial charge in [-0.15, -0.1) is 0 Å². The van der Waals surface area contributed by atoms with Crippen LogP contribution < -0.4 is 16.8 Å². The van der Waals surface area contributed by atoms with Crippen LogP contribution in [0.5, 0.6) is 0 Å². The predicted octanol–water partition coefficient (Wildman–Crippen LogP) is -2.36. The van der Waals surface area contributed by atoms with E-state index in [4.69, 9.17) is 21.4 Å². The molecule has 13 heavy (non-hydrogen) atoms. The zero-order valence-corrected chi connectivity index (χ0v) is 7.24. The highest BCUT2D eigenvalue weighted by Crippen LogP contribution is 1.56. The quantitative estimate of drug-likeness (QED) is 0.394. The highest BCUT2D eigenvalue weighted by Gasteiger charge is 1.94. The Morgan fingerprint density at radius 3 is 1.54 bits per heavy atom. The van der Waals surface area contributed by atoms with E-state index in [9.17, 15) is 9.59 Å². The number of hydrogen-bond acceptors (Lipinski definition) is 4. The van der Waals surface area contributed by atoms with Crippen molar-refractivity contribution in [1.82, 2.24) is 5.32 Å². The minimum absolute atomic E-state index is 0.0110. The fraction of sp³-hybridized carbons (Fsp3) is 0.500. The number of nitrogens with one attached hydrogen (secondary N) is 1. The molecule has 0 aliphatic heterocycles. The minimum atomic E-state index is -0.833. The van der Waals surface area contributed by atoms with Crippen LogP contribution in [0.4, 0.5) is 0 Å². The maximum Gasteiger partial charge on any atom is 0.300 e. The van der Waals surface area contributed by atoms with Crippen molar-refractivity contribution in [3.8, 4) is 0 Å². The Morgan fingerprint density at radius 1 is 1.15 bits per heavy atom. The third-order valence-electron chi connectivity index (χ3n) is 0.598. The Balaban J connectivity index is 0. The molecule has 0 radical (unpaired) electrons. The molecule has 0 heterocycles. The number of carboxylic acids is 1. The van der Waals surface area contributed by atoms with Gasteiger partial charge in [-0.3, -0.25) is 19.7 Å². The van der Waals surface area contributed by atoms with E-state index < -0.39 is 17.8 Å². The van der Waals surface area contributed by atoms with Gasteiger partial charge in [0.2, 0.25) is 11.8 Å². The lowest BCUT2D eigenvalue weighted by atomic mass is 10.5. The van der Waals surface area contributed by atoms with Gasteiger partial charge in [-0.05, 0) is 0 Å². The third kappa shape index (κ3) is 38.0. The van der Waals surface area contributed by atoms with Crippen LogP contribution in [0.2, 0.25) is 0 Å². The van der Waals surface area contributed by atoms with Crippen molar-refractivity contribution in [1.29, 1.82) is 0 Å². The van der Waals surface area contributed by atoms with Gasteiger partial charge in [0.15, 0.2) is 0 Å². The lowest BCUT2D eigenvalue weighted by Crippen LogP contribution is -2.35. The van der Waals surface area contributed by atoms with Crippen molar-refractivity contribution in [2.75, 3.05) is 13.1 Å². The molecule has 0 unspecified atom stereocenters. The minimum Gasteiger partial charge on any atom is -0.481 e. The Hall–Kier alpha value is -1.63. The Bertz CT molecular complexity index is 174. The fourth-order valence-electron chi connectivity index (χ4n) is 0.309. The summed E-state index contributed by atoms with van der Waals surface area (Å²) in [5.41, 5.74) is 9.45. The number of nitrogens with two attached hydrogens (primary N) is 2. The Kier molecular flexibility index (Phi) is 9.07. The second-order valence-corrected chi connectivity index (χ2v) is 2.06. The molecule has 0 saturated heterocycles. The lowest BCUT2D eigenvalue weighted by molar-refractivity contribution is -0.134. The van der Waals surface area contributed by atoms with E-state index >= 15 is 0 Å². The smallest absolute Gasteiger partial charge is 0.300 e. The average Bonchev–Trinajstić information content (AvgIpc) is 1.83. The summed E-state index contributed by atoms with van der Waals surface area (Å²) in [6.07, 6.45) is 0. The maximum absolute atomic E-state index is 9.99. The number of primary amides is 2. The van der Waals surface area contributed by atoms with Crippen LogP contribution in [0, 0.1) is 0 Å². The van der Waals surface area contributed by atoms with Gasteiger partial charge in [0, 0.05) is 6.92 Å². The maximum atomic E-state index is 9.99. The monoisotopic (exact) mass is 191 g/mol. The second-order valence-electron chi connectivity index (χ2n) is 2.06. The number of carbonyl (C=O) groups excluding carboxylic acids is 2. The van der Waals surface area contributed by atoms with E-state index in [0.29, 0.717) is 0 Å². The van der Waals surface area contributed by atoms with Crippen molar-refractivity contribution in [2.24, 2.45) is 11.5 Å². The molecule has 0 aliphatic carbocycles. The van der Waals surface area contributed by atoms with E-state index in [1.54, 1.807) is 0 Å². The van der Waals surface area contributed by atoms with Crippen LogP contribution in [-0.4, -0.2) is 36.0 Å². The van der Waals surface area contributed by atoms with Gasteiger partial charge in [0.25, 0.3) is 5.97 Å². The molecular formula is C6H13N3O4. The molecule has 6 N–H and O–H groups in total. The SMILES string of the molecule is CC(=O)O.NC(=O)CNCC(N)=O. The van der Waals surface area contributed by atoms with Crippen molar-refractivity contribution < 1.29 is 19.5 Å². The molecule has 0 saturated carbocycles. The summed E-state index contributed by atoms with van der Waals surface area (Å²) >= 11 is 0. The first-order chi connectivity index (χ1) is 5.86. The van der Waals surface area contributed by atoms with Crippen LogP contribution in [0.25, 0.3) is 0 Å². The van der Waals surface area contributed by atoms with E-state index in [2.05, 4.69) is 5.32 Å². The van der Waals surface area contributed by atoms with Gasteiger partial charge in [-0.1, -0.05) is 0 Å². The van der Waals surface area contributed by atoms with Crippen LogP contribution in [0.15, 0.2) is 0 Å². The molecule has 7 nitrogen and oxygen atoms in total. The lowest BCUT2D eigenvalue weighted by Gasteiger charge is -1.94. The summed E-state index contributed by atoms with van der Waals surface area (Å²) in [6.45, 7) is 1.06. The highest BCUT2D eigenvalue weighted by molar-refractivity contribution is 5.79. The van der Waals surface area contributed by atoms with Crippen molar-refractivity contribution in [3.05, 3.63) is 0 Å². The predicted molar refractivity (Wildman–Crippen MR) is 44.6 cm³/mol. The molecule has 0 bridgehead atoms. The normalized spacial score (nSPS) is 8.08. The Morgan fingerprint density at radius 2 is 1.38 bits per heavy atom. The molecule has 0 rings (SSSR count). The Labute approximate surface area is 75.1 Å². The summed E-state index contributed by atoms with van der Waals surface area (Å²) in [4.78, 5) is 29.0. The van der Waals surface area contributed by atoms with Crippen LogP contribution >= 0.6 is 0 Å². The van der Waals surface area contributed by atoms with Gasteiger partial charge >= 0.3 is 0 Å². The van der Waals surface area contributed by atoms with Crippen molar-refractivity contribution in [3.63, 3.8) is 0 Å². The molecule has 0 spiro atoms. The highest BCUT2D eigenvalue weighted by atomic mass is 16.4. The van der Waals surface area contributed by atoms with Crippen molar-refractivity contribution in [2.45, 2.75) is 6.92 Å². The molecule has 0 aromatic carbocycles. The molecule has 0 aromatic heterocycles. The number of carboxylic acid groups (broad SMARTS) is 1. The number of amides is 2. The molecule has 2 amide bonds. The summed E-state index contributed by atoms with van der Waals surface area (Å²) < 4.78 is 0. The molecule has 0 atom stereocenters. The van der Waals surface area contributed by atoms with E-state index in [-0.39, 0.29) is 13.1 Å². The van der Waals surface area contributed by atoms with E-state index in [1.165, 1.54) is 0 Å². The van der Waals surface area contributed by atoms with Gasteiger partial charge in [-0.25, -0.2) is 0 Å². The standard InChI is InChI=1S/C4H9N3O2.C2H4O2/c5-3(8)1-7-2-4(6)9;1-2(3)4/h7H,1-2H2,(H2,5,8)(H2,6,9);1H3,(H,3,4). The fourth-order valence-corrected chi connectivity index (χ4v) is 0.309. The number of carbonyl (C=O) groups is 3. The first-order valence-electron chi connectivity index (χ1n) is 3.33. The average molecular weight is 191 g/mol. The number of hydrogen-bond donors (Lipinski definition) is 4. The van der Waals surface area contributed by atoms with E-state index in [0.717, 1.165) is 6.92 Å².